The molecule has 23 heavy (non-hydrogen) atoms. The van der Waals surface area contributed by atoms with Crippen molar-refractivity contribution in [1.82, 2.24) is 19.9 Å². The number of amides is 1. The van der Waals surface area contributed by atoms with Gasteiger partial charge in [-0.2, -0.15) is 4.98 Å². The Hall–Kier alpha value is -2.02. The van der Waals surface area contributed by atoms with E-state index in [-0.39, 0.29) is 11.4 Å². The first-order valence-electron chi connectivity index (χ1n) is 7.54. The SMILES string of the molecule is CC(C)(C)OC(=O)N1CC(CNc2nc(Cl)nc3cc[nH]c23)C1. The van der Waals surface area contributed by atoms with E-state index in [0.717, 1.165) is 11.0 Å². The van der Waals surface area contributed by atoms with Crippen LogP contribution in [-0.4, -0.2) is 51.2 Å². The number of aromatic nitrogens is 3. The van der Waals surface area contributed by atoms with Crippen molar-refractivity contribution in [3.63, 3.8) is 0 Å². The highest BCUT2D eigenvalue weighted by atomic mass is 35.5. The molecule has 2 aromatic heterocycles. The summed E-state index contributed by atoms with van der Waals surface area (Å²) < 4.78 is 5.34. The standard InChI is InChI=1S/C15H20ClN5O2/c1-15(2,3)23-14(22)21-7-9(8-21)6-18-12-11-10(4-5-17-11)19-13(16)20-12/h4-5,9,17H,6-8H2,1-3H3,(H,18,19,20). The summed E-state index contributed by atoms with van der Waals surface area (Å²) in [5.41, 5.74) is 1.14. The van der Waals surface area contributed by atoms with Gasteiger partial charge in [0.1, 0.15) is 11.1 Å². The lowest BCUT2D eigenvalue weighted by Crippen LogP contribution is -2.53. The van der Waals surface area contributed by atoms with Crippen LogP contribution in [0, 0.1) is 5.92 Å². The second kappa shape index (κ2) is 5.88. The van der Waals surface area contributed by atoms with Gasteiger partial charge in [0.2, 0.25) is 5.28 Å². The topological polar surface area (TPSA) is 83.1 Å². The molecule has 7 nitrogen and oxygen atoms in total. The van der Waals surface area contributed by atoms with Crippen LogP contribution in [0.3, 0.4) is 0 Å². The number of anilines is 1. The van der Waals surface area contributed by atoms with Crippen molar-refractivity contribution in [3.05, 3.63) is 17.5 Å². The number of nitrogens with zero attached hydrogens (tertiary/aromatic N) is 3. The van der Waals surface area contributed by atoms with E-state index >= 15 is 0 Å². The summed E-state index contributed by atoms with van der Waals surface area (Å²) in [4.78, 5) is 25.0. The molecule has 0 saturated carbocycles. The van der Waals surface area contributed by atoms with Crippen LogP contribution in [0.25, 0.3) is 11.0 Å². The monoisotopic (exact) mass is 337 g/mol. The predicted octanol–water partition coefficient (Wildman–Crippen LogP) is 2.89. The molecule has 0 spiro atoms. The Bertz CT molecular complexity index is 718. The largest absolute Gasteiger partial charge is 0.444 e. The third-order valence-electron chi connectivity index (χ3n) is 3.55. The number of ether oxygens (including phenoxy) is 1. The van der Waals surface area contributed by atoms with Crippen molar-refractivity contribution in [3.8, 4) is 0 Å². The Kier molecular flexibility index (Phi) is 4.06. The number of H-pyrrole nitrogens is 1. The van der Waals surface area contributed by atoms with E-state index < -0.39 is 5.60 Å². The second-order valence-electron chi connectivity index (χ2n) is 6.71. The zero-order valence-electron chi connectivity index (χ0n) is 13.4. The van der Waals surface area contributed by atoms with Crippen molar-refractivity contribution in [1.29, 1.82) is 0 Å². The van der Waals surface area contributed by atoms with Crippen LogP contribution in [-0.2, 0) is 4.74 Å². The lowest BCUT2D eigenvalue weighted by Gasteiger charge is -2.39. The average Bonchev–Trinajstić information content (AvgIpc) is 2.82. The molecule has 2 N–H and O–H groups in total. The minimum atomic E-state index is -0.461. The molecule has 1 fully saturated rings. The van der Waals surface area contributed by atoms with Crippen LogP contribution >= 0.6 is 11.6 Å². The second-order valence-corrected chi connectivity index (χ2v) is 7.05. The van der Waals surface area contributed by atoms with E-state index in [2.05, 4.69) is 20.3 Å². The molecule has 124 valence electrons. The molecule has 0 atom stereocenters. The lowest BCUT2D eigenvalue weighted by molar-refractivity contribution is 0.000842. The number of halogens is 1. The Labute approximate surface area is 139 Å². The Morgan fingerprint density at radius 2 is 2.22 bits per heavy atom. The molecule has 1 aliphatic rings. The fourth-order valence-corrected chi connectivity index (χ4v) is 2.64. The van der Waals surface area contributed by atoms with Gasteiger partial charge in [-0.1, -0.05) is 0 Å². The van der Waals surface area contributed by atoms with Crippen LogP contribution < -0.4 is 5.32 Å². The van der Waals surface area contributed by atoms with Gasteiger partial charge in [-0.25, -0.2) is 9.78 Å². The molecule has 0 aliphatic carbocycles. The van der Waals surface area contributed by atoms with Gasteiger partial charge in [-0.05, 0) is 38.4 Å². The highest BCUT2D eigenvalue weighted by Gasteiger charge is 2.33. The van der Waals surface area contributed by atoms with Crippen molar-refractivity contribution < 1.29 is 9.53 Å². The Morgan fingerprint density at radius 3 is 2.91 bits per heavy atom. The van der Waals surface area contributed by atoms with Gasteiger partial charge >= 0.3 is 6.09 Å². The van der Waals surface area contributed by atoms with Crippen molar-refractivity contribution in [2.75, 3.05) is 25.0 Å². The van der Waals surface area contributed by atoms with Crippen LogP contribution in [0.15, 0.2) is 12.3 Å². The minimum Gasteiger partial charge on any atom is -0.444 e. The van der Waals surface area contributed by atoms with E-state index in [1.807, 2.05) is 26.8 Å². The number of likely N-dealkylation sites (tertiary alicyclic amines) is 1. The van der Waals surface area contributed by atoms with Crippen molar-refractivity contribution in [2.45, 2.75) is 26.4 Å². The molecule has 2 aromatic rings. The molecule has 1 saturated heterocycles. The predicted molar refractivity (Wildman–Crippen MR) is 88.7 cm³/mol. The zero-order chi connectivity index (χ0) is 16.6. The molecular formula is C15H20ClN5O2. The number of hydrogen-bond acceptors (Lipinski definition) is 5. The molecule has 1 aliphatic heterocycles. The number of rotatable bonds is 3. The molecular weight excluding hydrogens is 318 g/mol. The number of carbonyl (C=O) groups is 1. The third-order valence-corrected chi connectivity index (χ3v) is 3.71. The fraction of sp³-hybridized carbons (Fsp3) is 0.533. The van der Waals surface area contributed by atoms with Crippen LogP contribution in [0.4, 0.5) is 10.6 Å². The molecule has 1 amide bonds. The zero-order valence-corrected chi connectivity index (χ0v) is 14.1. The Morgan fingerprint density at radius 1 is 1.48 bits per heavy atom. The van der Waals surface area contributed by atoms with Crippen LogP contribution in [0.2, 0.25) is 5.28 Å². The normalized spacial score (nSPS) is 15.6. The molecule has 0 bridgehead atoms. The number of carbonyl (C=O) groups excluding carboxylic acids is 1. The maximum atomic E-state index is 11.9. The summed E-state index contributed by atoms with van der Waals surface area (Å²) in [6, 6.07) is 1.85. The van der Waals surface area contributed by atoms with Gasteiger partial charge in [0.15, 0.2) is 5.82 Å². The molecule has 0 radical (unpaired) electrons. The first kappa shape index (κ1) is 15.9. The number of hydrogen-bond donors (Lipinski definition) is 2. The smallest absolute Gasteiger partial charge is 0.410 e. The summed E-state index contributed by atoms with van der Waals surface area (Å²) in [7, 11) is 0. The number of nitrogens with one attached hydrogen (secondary N) is 2. The summed E-state index contributed by atoms with van der Waals surface area (Å²) in [6.45, 7) is 7.66. The van der Waals surface area contributed by atoms with E-state index in [9.17, 15) is 4.79 Å². The van der Waals surface area contributed by atoms with Crippen molar-refractivity contribution in [2.24, 2.45) is 5.92 Å². The maximum Gasteiger partial charge on any atom is 0.410 e. The van der Waals surface area contributed by atoms with E-state index in [1.165, 1.54) is 0 Å². The van der Waals surface area contributed by atoms with Gasteiger partial charge in [0, 0.05) is 31.7 Å². The number of fused-ring (bicyclic) bond motifs is 1. The average molecular weight is 338 g/mol. The summed E-state index contributed by atoms with van der Waals surface area (Å²) >= 11 is 5.92. The summed E-state index contributed by atoms with van der Waals surface area (Å²) in [6.07, 6.45) is 1.54. The van der Waals surface area contributed by atoms with Gasteiger partial charge in [-0.15, -0.1) is 0 Å². The summed E-state index contributed by atoms with van der Waals surface area (Å²) in [5, 5.41) is 3.49. The van der Waals surface area contributed by atoms with Gasteiger partial charge in [0.25, 0.3) is 0 Å². The maximum absolute atomic E-state index is 11.9. The molecule has 0 unspecified atom stereocenters. The first-order chi connectivity index (χ1) is 10.8. The Balaban J connectivity index is 1.53. The van der Waals surface area contributed by atoms with E-state index in [1.54, 1.807) is 11.1 Å². The van der Waals surface area contributed by atoms with Crippen LogP contribution in [0.5, 0.6) is 0 Å². The summed E-state index contributed by atoms with van der Waals surface area (Å²) in [5.74, 6) is 1.04. The van der Waals surface area contributed by atoms with Crippen LogP contribution in [0.1, 0.15) is 20.8 Å². The highest BCUT2D eigenvalue weighted by Crippen LogP contribution is 2.23. The van der Waals surface area contributed by atoms with Gasteiger partial charge in [-0.3, -0.25) is 0 Å². The van der Waals surface area contributed by atoms with E-state index in [0.29, 0.717) is 31.4 Å². The fourth-order valence-electron chi connectivity index (χ4n) is 2.46. The molecule has 8 heteroatoms. The van der Waals surface area contributed by atoms with Gasteiger partial charge in [0.05, 0.1) is 5.52 Å². The first-order valence-corrected chi connectivity index (χ1v) is 7.92. The quantitative estimate of drug-likeness (QED) is 0.841. The van der Waals surface area contributed by atoms with E-state index in [4.69, 9.17) is 16.3 Å². The minimum absolute atomic E-state index is 0.212. The molecule has 3 rings (SSSR count). The van der Waals surface area contributed by atoms with Gasteiger partial charge < -0.3 is 19.9 Å². The van der Waals surface area contributed by atoms with Crippen molar-refractivity contribution >= 4 is 34.5 Å². The highest BCUT2D eigenvalue weighted by molar-refractivity contribution is 6.28. The third kappa shape index (κ3) is 3.67. The number of aromatic amines is 1. The molecule has 3 heterocycles. The molecule has 0 aromatic carbocycles. The lowest BCUT2D eigenvalue weighted by atomic mass is 10.0.